The highest BCUT2D eigenvalue weighted by Crippen LogP contribution is 2.33. The first-order valence-corrected chi connectivity index (χ1v) is 4.76. The van der Waals surface area contributed by atoms with E-state index in [2.05, 4.69) is 5.32 Å². The molecule has 1 aliphatic rings. The van der Waals surface area contributed by atoms with Crippen molar-refractivity contribution in [1.29, 1.82) is 5.26 Å². The first-order valence-electron chi connectivity index (χ1n) is 3.31. The molecule has 0 radical (unpaired) electrons. The molecule has 1 rings (SSSR count). The van der Waals surface area contributed by atoms with Crippen LogP contribution >= 0.6 is 34.2 Å². The van der Waals surface area contributed by atoms with E-state index in [1.54, 1.807) is 12.9 Å². The highest BCUT2D eigenvalue weighted by Gasteiger charge is 2.20. The summed E-state index contributed by atoms with van der Waals surface area (Å²) in [5.74, 6) is 1.64. The van der Waals surface area contributed by atoms with Crippen LogP contribution in [0.1, 0.15) is 6.92 Å². The molecule has 1 heterocycles. The normalized spacial score (nSPS) is 16.6. The van der Waals surface area contributed by atoms with Gasteiger partial charge in [-0.25, -0.2) is 4.79 Å². The fourth-order valence-corrected chi connectivity index (χ4v) is 1.55. The largest absolute Gasteiger partial charge is 0.348 e. The molecule has 0 unspecified atom stereocenters. The number of hydrogen-bond donors (Lipinski definition) is 1. The molecule has 0 bridgehead atoms. The van der Waals surface area contributed by atoms with Gasteiger partial charge in [-0.1, -0.05) is 11.6 Å². The second-order valence-electron chi connectivity index (χ2n) is 2.34. The van der Waals surface area contributed by atoms with E-state index in [1.807, 2.05) is 28.7 Å². The van der Waals surface area contributed by atoms with Crippen LogP contribution in [0.5, 0.6) is 0 Å². The van der Waals surface area contributed by atoms with Crippen molar-refractivity contribution in [3.05, 3.63) is 25.6 Å². The fraction of sp³-hybridized carbons (Fsp3) is 0.125. The van der Waals surface area contributed by atoms with Crippen molar-refractivity contribution in [2.75, 3.05) is 0 Å². The predicted molar refractivity (Wildman–Crippen MR) is 57.6 cm³/mol. The van der Waals surface area contributed by atoms with Crippen molar-refractivity contribution in [3.63, 3.8) is 0 Å². The van der Waals surface area contributed by atoms with Crippen LogP contribution in [-0.4, -0.2) is 5.94 Å². The highest BCUT2D eigenvalue weighted by molar-refractivity contribution is 14.1. The topological polar surface area (TPSA) is 52.9 Å². The molecule has 0 amide bonds. The molecule has 0 aromatic carbocycles. The number of allylic oxidation sites excluding steroid dienone is 4. The number of carbonyl (C=O) groups excluding carboxylic acids is 1. The Morgan fingerprint density at radius 1 is 1.62 bits per heavy atom. The smallest absolute Gasteiger partial charge is 0.152 e. The number of hydrogen-bond acceptors (Lipinski definition) is 3. The number of rotatable bonds is 0. The lowest BCUT2D eigenvalue weighted by Crippen LogP contribution is -2.18. The van der Waals surface area contributed by atoms with Crippen LogP contribution in [0.15, 0.2) is 25.6 Å². The number of nitrogens with one attached hydrogen (secondary N) is 1. The number of nitriles is 1. The molecule has 13 heavy (non-hydrogen) atoms. The second kappa shape index (κ2) is 3.97. The number of nitrogens with zero attached hydrogens (tertiary/aromatic N) is 1. The van der Waals surface area contributed by atoms with Crippen molar-refractivity contribution in [2.24, 2.45) is 0 Å². The van der Waals surface area contributed by atoms with Gasteiger partial charge in [0.15, 0.2) is 5.94 Å². The molecule has 0 saturated carbocycles. The molecular formula is C8H4ClIN2O. The van der Waals surface area contributed by atoms with E-state index >= 15 is 0 Å². The first kappa shape index (κ1) is 10.3. The summed E-state index contributed by atoms with van der Waals surface area (Å²) in [5.41, 5.74) is 1.00. The molecular weight excluding hydrogens is 302 g/mol. The monoisotopic (exact) mass is 306 g/mol. The molecule has 0 aromatic rings. The minimum Gasteiger partial charge on any atom is -0.348 e. The minimum absolute atomic E-state index is 0.102. The summed E-state index contributed by atoms with van der Waals surface area (Å²) in [7, 11) is 0. The van der Waals surface area contributed by atoms with Crippen LogP contribution < -0.4 is 5.32 Å². The van der Waals surface area contributed by atoms with Crippen molar-refractivity contribution in [2.45, 2.75) is 6.92 Å². The van der Waals surface area contributed by atoms with Gasteiger partial charge in [0.05, 0.1) is 8.61 Å². The maximum Gasteiger partial charge on any atom is 0.152 e. The summed E-state index contributed by atoms with van der Waals surface area (Å²) >= 11 is 7.86. The van der Waals surface area contributed by atoms with Gasteiger partial charge >= 0.3 is 0 Å². The lowest BCUT2D eigenvalue weighted by atomic mass is 10.1. The van der Waals surface area contributed by atoms with Gasteiger partial charge in [-0.15, -0.1) is 0 Å². The highest BCUT2D eigenvalue weighted by atomic mass is 127. The lowest BCUT2D eigenvalue weighted by Gasteiger charge is -2.16. The zero-order valence-electron chi connectivity index (χ0n) is 6.61. The summed E-state index contributed by atoms with van der Waals surface area (Å²) in [6.07, 6.45) is 0. The van der Waals surface area contributed by atoms with Gasteiger partial charge in [0.2, 0.25) is 0 Å². The van der Waals surface area contributed by atoms with E-state index in [4.69, 9.17) is 16.9 Å². The molecule has 0 spiro atoms. The quantitative estimate of drug-likeness (QED) is 0.550. The van der Waals surface area contributed by atoms with Crippen molar-refractivity contribution in [1.82, 2.24) is 5.32 Å². The Labute approximate surface area is 93.9 Å². The molecule has 0 aliphatic carbocycles. The van der Waals surface area contributed by atoms with Gasteiger partial charge < -0.3 is 5.32 Å². The summed E-state index contributed by atoms with van der Waals surface area (Å²) in [5, 5.41) is 11.8. The van der Waals surface area contributed by atoms with Gasteiger partial charge in [0.1, 0.15) is 17.3 Å². The summed E-state index contributed by atoms with van der Waals surface area (Å²) in [6, 6.07) is 1.85. The molecule has 0 atom stereocenters. The Bertz CT molecular complexity index is 410. The third kappa shape index (κ3) is 1.78. The van der Waals surface area contributed by atoms with E-state index in [-0.39, 0.29) is 11.3 Å². The zero-order chi connectivity index (χ0) is 10.0. The molecule has 0 fully saturated rings. The van der Waals surface area contributed by atoms with Crippen LogP contribution in [0.3, 0.4) is 0 Å². The van der Waals surface area contributed by atoms with Gasteiger partial charge in [-0.3, -0.25) is 0 Å². The van der Waals surface area contributed by atoms with Crippen LogP contribution in [0.2, 0.25) is 0 Å². The van der Waals surface area contributed by atoms with Crippen LogP contribution in [-0.2, 0) is 4.79 Å². The summed E-state index contributed by atoms with van der Waals surface area (Å²) in [4.78, 5) is 10.4. The average Bonchev–Trinajstić information content (AvgIpc) is 2.13. The van der Waals surface area contributed by atoms with Crippen molar-refractivity contribution < 1.29 is 4.79 Å². The van der Waals surface area contributed by atoms with Gasteiger partial charge in [-0.05, 0) is 29.5 Å². The molecule has 3 nitrogen and oxygen atoms in total. The van der Waals surface area contributed by atoms with Crippen LogP contribution in [0.4, 0.5) is 0 Å². The molecule has 5 heteroatoms. The third-order valence-corrected chi connectivity index (χ3v) is 3.56. The Morgan fingerprint density at radius 2 is 2.23 bits per heavy atom. The van der Waals surface area contributed by atoms with E-state index in [1.165, 1.54) is 0 Å². The predicted octanol–water partition coefficient (Wildman–Crippen LogP) is 1.99. The number of halogens is 2. The maximum absolute atomic E-state index is 10.4. The third-order valence-electron chi connectivity index (χ3n) is 1.52. The molecule has 0 aromatic heterocycles. The Kier molecular flexibility index (Phi) is 3.15. The van der Waals surface area contributed by atoms with Gasteiger partial charge in [-0.2, -0.15) is 5.26 Å². The molecule has 1 N–H and O–H groups in total. The summed E-state index contributed by atoms with van der Waals surface area (Å²) in [6.45, 7) is 1.77. The minimum atomic E-state index is 0.102. The van der Waals surface area contributed by atoms with Crippen LogP contribution in [0, 0.1) is 11.3 Å². The standard InChI is InChI=1S/C8H4ClIN2O/c1-4-8(10)7(9)5(2-11)6(3-13)12-4/h12H,1H3. The summed E-state index contributed by atoms with van der Waals surface area (Å²) < 4.78 is 0.745. The van der Waals surface area contributed by atoms with Crippen molar-refractivity contribution >= 4 is 40.1 Å². The first-order chi connectivity index (χ1) is 6.11. The van der Waals surface area contributed by atoms with E-state index in [0.29, 0.717) is 5.03 Å². The van der Waals surface area contributed by atoms with E-state index in [0.717, 1.165) is 9.28 Å². The van der Waals surface area contributed by atoms with Crippen molar-refractivity contribution in [3.8, 4) is 6.07 Å². The average molecular weight is 306 g/mol. The molecule has 0 saturated heterocycles. The van der Waals surface area contributed by atoms with Crippen LogP contribution in [0.25, 0.3) is 0 Å². The van der Waals surface area contributed by atoms with Gasteiger partial charge in [0.25, 0.3) is 0 Å². The van der Waals surface area contributed by atoms with E-state index < -0.39 is 0 Å². The number of dihydropyridines is 1. The Hall–Kier alpha value is -0.760. The lowest BCUT2D eigenvalue weighted by molar-refractivity contribution is 0.566. The molecule has 1 aliphatic heterocycles. The van der Waals surface area contributed by atoms with E-state index in [9.17, 15) is 4.79 Å². The SMILES string of the molecule is CC1=C(I)C(Cl)=C(C#N)C(=C=O)N1. The molecule has 66 valence electrons. The van der Waals surface area contributed by atoms with Gasteiger partial charge in [0, 0.05) is 5.70 Å². The second-order valence-corrected chi connectivity index (χ2v) is 3.80. The Balaban J connectivity index is 3.41. The Morgan fingerprint density at radius 3 is 2.69 bits per heavy atom. The zero-order valence-corrected chi connectivity index (χ0v) is 9.52. The fourth-order valence-electron chi connectivity index (χ4n) is 0.871. The maximum atomic E-state index is 10.4.